The molecule has 3 rings (SSSR count). The van der Waals surface area contributed by atoms with Crippen molar-refractivity contribution in [3.05, 3.63) is 12.2 Å². The summed E-state index contributed by atoms with van der Waals surface area (Å²) in [6, 6.07) is 0. The monoisotopic (exact) mass is 305 g/mol. The SMILES string of the molecule is C[C@@H]1CCC[C@@H](OCC(=O)N2CCC[C@@]3(CC=CCC3)C2)C1. The van der Waals surface area contributed by atoms with Gasteiger partial charge in [0, 0.05) is 13.1 Å². The molecule has 2 aliphatic carbocycles. The van der Waals surface area contributed by atoms with Crippen molar-refractivity contribution in [2.45, 2.75) is 70.8 Å². The minimum absolute atomic E-state index is 0.215. The maximum atomic E-state index is 12.5. The molecule has 3 heteroatoms. The molecule has 1 saturated carbocycles. The number of rotatable bonds is 3. The smallest absolute Gasteiger partial charge is 0.248 e. The first kappa shape index (κ1) is 16.0. The number of carbonyl (C=O) groups is 1. The third kappa shape index (κ3) is 3.92. The van der Waals surface area contributed by atoms with E-state index >= 15 is 0 Å². The molecule has 1 heterocycles. The second-order valence-corrected chi connectivity index (χ2v) is 7.84. The second kappa shape index (κ2) is 7.16. The van der Waals surface area contributed by atoms with Crippen molar-refractivity contribution in [2.75, 3.05) is 19.7 Å². The van der Waals surface area contributed by atoms with Gasteiger partial charge in [-0.2, -0.15) is 0 Å². The number of likely N-dealkylation sites (tertiary alicyclic amines) is 1. The number of nitrogens with zero attached hydrogens (tertiary/aromatic N) is 1. The predicted octanol–water partition coefficient (Wildman–Crippen LogP) is 3.93. The van der Waals surface area contributed by atoms with Crippen molar-refractivity contribution in [3.63, 3.8) is 0 Å². The predicted molar refractivity (Wildman–Crippen MR) is 88.6 cm³/mol. The quantitative estimate of drug-likeness (QED) is 0.739. The van der Waals surface area contributed by atoms with Crippen LogP contribution < -0.4 is 0 Å². The van der Waals surface area contributed by atoms with Crippen LogP contribution in [0.25, 0.3) is 0 Å². The summed E-state index contributed by atoms with van der Waals surface area (Å²) in [5.41, 5.74) is 0.363. The van der Waals surface area contributed by atoms with E-state index in [2.05, 4.69) is 24.0 Å². The Balaban J connectivity index is 1.48. The van der Waals surface area contributed by atoms with E-state index in [4.69, 9.17) is 4.74 Å². The van der Waals surface area contributed by atoms with Crippen LogP contribution in [0.2, 0.25) is 0 Å². The molecular weight excluding hydrogens is 274 g/mol. The molecule has 124 valence electrons. The lowest BCUT2D eigenvalue weighted by Gasteiger charge is -2.44. The molecule has 3 nitrogen and oxygen atoms in total. The van der Waals surface area contributed by atoms with Crippen LogP contribution in [0.3, 0.4) is 0 Å². The molecule has 0 aromatic heterocycles. The molecule has 0 bridgehead atoms. The Hall–Kier alpha value is -0.830. The van der Waals surface area contributed by atoms with Gasteiger partial charge in [-0.25, -0.2) is 0 Å². The van der Waals surface area contributed by atoms with Gasteiger partial charge in [0.1, 0.15) is 6.61 Å². The van der Waals surface area contributed by atoms with Gasteiger partial charge in [0.05, 0.1) is 6.10 Å². The first-order valence-electron chi connectivity index (χ1n) is 9.21. The van der Waals surface area contributed by atoms with Gasteiger partial charge in [-0.3, -0.25) is 4.79 Å². The van der Waals surface area contributed by atoms with Crippen LogP contribution in [0.15, 0.2) is 12.2 Å². The highest BCUT2D eigenvalue weighted by Crippen LogP contribution is 2.40. The number of hydrogen-bond donors (Lipinski definition) is 0. The largest absolute Gasteiger partial charge is 0.368 e. The van der Waals surface area contributed by atoms with Crippen LogP contribution in [0.4, 0.5) is 0 Å². The highest BCUT2D eigenvalue weighted by Gasteiger charge is 2.36. The average molecular weight is 305 g/mol. The first-order valence-corrected chi connectivity index (χ1v) is 9.21. The Morgan fingerprint density at radius 3 is 2.95 bits per heavy atom. The van der Waals surface area contributed by atoms with E-state index in [1.807, 2.05) is 0 Å². The Labute approximate surface area is 135 Å². The van der Waals surface area contributed by atoms with Gasteiger partial charge < -0.3 is 9.64 Å². The summed E-state index contributed by atoms with van der Waals surface area (Å²) in [7, 11) is 0. The molecule has 0 aromatic carbocycles. The maximum Gasteiger partial charge on any atom is 0.248 e. The van der Waals surface area contributed by atoms with Crippen LogP contribution in [0, 0.1) is 11.3 Å². The Morgan fingerprint density at radius 2 is 2.18 bits per heavy atom. The first-order chi connectivity index (χ1) is 10.7. The molecule has 0 aromatic rings. The van der Waals surface area contributed by atoms with Gasteiger partial charge in [0.25, 0.3) is 0 Å². The van der Waals surface area contributed by atoms with E-state index in [9.17, 15) is 4.79 Å². The zero-order valence-corrected chi connectivity index (χ0v) is 14.1. The van der Waals surface area contributed by atoms with Crippen LogP contribution in [-0.4, -0.2) is 36.6 Å². The molecule has 0 unspecified atom stereocenters. The Kier molecular flexibility index (Phi) is 5.22. The van der Waals surface area contributed by atoms with Crippen LogP contribution in [0.1, 0.15) is 64.7 Å². The number of amides is 1. The zero-order chi connectivity index (χ0) is 15.4. The highest BCUT2D eigenvalue weighted by atomic mass is 16.5. The number of hydrogen-bond acceptors (Lipinski definition) is 2. The minimum atomic E-state index is 0.215. The average Bonchev–Trinajstić information content (AvgIpc) is 2.53. The van der Waals surface area contributed by atoms with Crippen molar-refractivity contribution in [2.24, 2.45) is 11.3 Å². The van der Waals surface area contributed by atoms with Gasteiger partial charge in [-0.1, -0.05) is 31.9 Å². The number of carbonyl (C=O) groups excluding carboxylic acids is 1. The van der Waals surface area contributed by atoms with Gasteiger partial charge in [-0.05, 0) is 56.3 Å². The van der Waals surface area contributed by atoms with E-state index in [1.165, 1.54) is 32.1 Å². The van der Waals surface area contributed by atoms with Gasteiger partial charge in [0.2, 0.25) is 5.91 Å². The van der Waals surface area contributed by atoms with E-state index in [0.29, 0.717) is 18.1 Å². The topological polar surface area (TPSA) is 29.5 Å². The number of piperidine rings is 1. The van der Waals surface area contributed by atoms with Gasteiger partial charge in [0.15, 0.2) is 0 Å². The van der Waals surface area contributed by atoms with E-state index in [0.717, 1.165) is 44.7 Å². The molecule has 0 N–H and O–H groups in total. The third-order valence-electron chi connectivity index (χ3n) is 5.90. The molecular formula is C19H31NO2. The Bertz CT molecular complexity index is 420. The summed E-state index contributed by atoms with van der Waals surface area (Å²) < 4.78 is 5.94. The second-order valence-electron chi connectivity index (χ2n) is 7.84. The molecule has 3 aliphatic rings. The Morgan fingerprint density at radius 1 is 1.27 bits per heavy atom. The van der Waals surface area contributed by atoms with Crippen molar-refractivity contribution in [3.8, 4) is 0 Å². The van der Waals surface area contributed by atoms with Crippen LogP contribution in [-0.2, 0) is 9.53 Å². The minimum Gasteiger partial charge on any atom is -0.368 e. The summed E-state index contributed by atoms with van der Waals surface area (Å²) in [6.45, 7) is 4.46. The molecule has 1 saturated heterocycles. The standard InChI is InChI=1S/C19H31NO2/c1-16-7-5-8-17(13-16)22-14-18(21)20-12-6-11-19(15-20)9-3-2-4-10-19/h2-3,16-17H,4-15H2,1H3/t16-,17-,19+/m1/s1. The fraction of sp³-hybridized carbons (Fsp3) is 0.842. The third-order valence-corrected chi connectivity index (χ3v) is 5.90. The molecule has 22 heavy (non-hydrogen) atoms. The number of allylic oxidation sites excluding steroid dienone is 2. The molecule has 3 atom stereocenters. The lowest BCUT2D eigenvalue weighted by Crippen LogP contribution is -2.48. The summed E-state index contributed by atoms with van der Waals surface area (Å²) in [5, 5.41) is 0. The van der Waals surface area contributed by atoms with Crippen molar-refractivity contribution < 1.29 is 9.53 Å². The fourth-order valence-corrected chi connectivity index (χ4v) is 4.54. The molecule has 1 aliphatic heterocycles. The molecule has 0 radical (unpaired) electrons. The zero-order valence-electron chi connectivity index (χ0n) is 14.1. The van der Waals surface area contributed by atoms with Crippen molar-refractivity contribution in [1.29, 1.82) is 0 Å². The maximum absolute atomic E-state index is 12.5. The summed E-state index contributed by atoms with van der Waals surface area (Å²) in [5.74, 6) is 0.966. The van der Waals surface area contributed by atoms with Crippen molar-refractivity contribution >= 4 is 5.91 Å². The highest BCUT2D eigenvalue weighted by molar-refractivity contribution is 5.77. The van der Waals surface area contributed by atoms with Gasteiger partial charge >= 0.3 is 0 Å². The number of ether oxygens (including phenoxy) is 1. The van der Waals surface area contributed by atoms with E-state index in [-0.39, 0.29) is 5.91 Å². The summed E-state index contributed by atoms with van der Waals surface area (Å²) in [4.78, 5) is 14.6. The van der Waals surface area contributed by atoms with Crippen LogP contribution >= 0.6 is 0 Å². The lowest BCUT2D eigenvalue weighted by molar-refractivity contribution is -0.142. The summed E-state index contributed by atoms with van der Waals surface area (Å²) in [6.07, 6.45) is 15.7. The van der Waals surface area contributed by atoms with Crippen molar-refractivity contribution in [1.82, 2.24) is 4.90 Å². The van der Waals surface area contributed by atoms with Gasteiger partial charge in [-0.15, -0.1) is 0 Å². The molecule has 1 amide bonds. The molecule has 1 spiro atoms. The fourth-order valence-electron chi connectivity index (χ4n) is 4.54. The molecule has 2 fully saturated rings. The normalized spacial score (nSPS) is 35.8. The summed E-state index contributed by atoms with van der Waals surface area (Å²) >= 11 is 0. The lowest BCUT2D eigenvalue weighted by atomic mass is 9.71. The van der Waals surface area contributed by atoms with E-state index in [1.54, 1.807) is 0 Å². The van der Waals surface area contributed by atoms with Crippen LogP contribution in [0.5, 0.6) is 0 Å². The van der Waals surface area contributed by atoms with E-state index < -0.39 is 0 Å².